The lowest BCUT2D eigenvalue weighted by Gasteiger charge is -2.04. The van der Waals surface area contributed by atoms with Crippen LogP contribution in [0.25, 0.3) is 11.3 Å². The van der Waals surface area contributed by atoms with Crippen molar-refractivity contribution in [3.05, 3.63) is 42.2 Å². The average Bonchev–Trinajstić information content (AvgIpc) is 3.07. The number of nitrogens with zero attached hydrogens (tertiary/aromatic N) is 1. The number of urea groups is 1. The predicted octanol–water partition coefficient (Wildman–Crippen LogP) is 1.41. The molecule has 0 aliphatic heterocycles. The molecule has 0 saturated heterocycles. The molecule has 8 nitrogen and oxygen atoms in total. The number of esters is 1. The average molecular weight is 349 g/mol. The second kappa shape index (κ2) is 8.57. The van der Waals surface area contributed by atoms with E-state index in [2.05, 4.69) is 10.3 Å². The molecule has 1 aromatic heterocycles. The number of benzene rings is 1. The maximum atomic E-state index is 12.9. The monoisotopic (exact) mass is 349 g/mol. The van der Waals surface area contributed by atoms with Gasteiger partial charge in [-0.1, -0.05) is 0 Å². The summed E-state index contributed by atoms with van der Waals surface area (Å²) in [5, 5.41) is 4.16. The van der Waals surface area contributed by atoms with E-state index >= 15 is 0 Å². The molecule has 9 heteroatoms. The largest absolute Gasteiger partial charge is 0.456 e. The molecular formula is C16H16FN3O5. The maximum Gasteiger partial charge on any atom is 0.321 e. The molecule has 0 atom stereocenters. The Bertz CT molecular complexity index is 757. The molecule has 132 valence electrons. The van der Waals surface area contributed by atoms with Crippen molar-refractivity contribution in [2.75, 3.05) is 13.7 Å². The van der Waals surface area contributed by atoms with Gasteiger partial charge < -0.3 is 14.5 Å². The highest BCUT2D eigenvalue weighted by Crippen LogP contribution is 2.21. The summed E-state index contributed by atoms with van der Waals surface area (Å²) in [6.45, 7) is -0.557. The Labute approximate surface area is 142 Å². The minimum Gasteiger partial charge on any atom is -0.456 e. The normalized spacial score (nSPS) is 10.2. The number of rotatable bonds is 6. The van der Waals surface area contributed by atoms with Gasteiger partial charge in [0.2, 0.25) is 0 Å². The number of ether oxygens (including phenoxy) is 1. The van der Waals surface area contributed by atoms with E-state index in [0.29, 0.717) is 17.2 Å². The SMILES string of the molecule is CNC(=O)NC(=O)COC(=O)CCc1ncc(-c2ccc(F)cc2)o1. The minimum absolute atomic E-state index is 0.0450. The number of carbonyl (C=O) groups is 3. The summed E-state index contributed by atoms with van der Waals surface area (Å²) in [5.41, 5.74) is 0.661. The lowest BCUT2D eigenvalue weighted by molar-refractivity contribution is -0.148. The smallest absolute Gasteiger partial charge is 0.321 e. The zero-order chi connectivity index (χ0) is 18.2. The van der Waals surface area contributed by atoms with Crippen LogP contribution < -0.4 is 10.6 Å². The topological polar surface area (TPSA) is 111 Å². The van der Waals surface area contributed by atoms with Gasteiger partial charge in [-0.25, -0.2) is 14.2 Å². The minimum atomic E-state index is -0.734. The van der Waals surface area contributed by atoms with Crippen LogP contribution in [0.5, 0.6) is 0 Å². The van der Waals surface area contributed by atoms with Gasteiger partial charge in [0, 0.05) is 19.0 Å². The van der Waals surface area contributed by atoms with Crippen LogP contribution in [0.1, 0.15) is 12.3 Å². The molecule has 1 aromatic carbocycles. The third kappa shape index (κ3) is 5.72. The molecule has 25 heavy (non-hydrogen) atoms. The molecule has 2 rings (SSSR count). The summed E-state index contributed by atoms with van der Waals surface area (Å²) >= 11 is 0. The van der Waals surface area contributed by atoms with Crippen molar-refractivity contribution in [2.45, 2.75) is 12.8 Å². The molecule has 3 amide bonds. The maximum absolute atomic E-state index is 12.9. The molecule has 0 unspecified atom stereocenters. The van der Waals surface area contributed by atoms with Crippen molar-refractivity contribution in [3.63, 3.8) is 0 Å². The molecule has 0 radical (unpaired) electrons. The first-order valence-corrected chi connectivity index (χ1v) is 7.35. The van der Waals surface area contributed by atoms with Gasteiger partial charge in [-0.3, -0.25) is 14.9 Å². The Morgan fingerprint density at radius 2 is 1.96 bits per heavy atom. The summed E-state index contributed by atoms with van der Waals surface area (Å²) in [6.07, 6.45) is 1.61. The van der Waals surface area contributed by atoms with E-state index in [1.807, 2.05) is 5.32 Å². The fourth-order valence-electron chi connectivity index (χ4n) is 1.83. The number of halogens is 1. The molecule has 0 aliphatic carbocycles. The number of nitrogens with one attached hydrogen (secondary N) is 2. The number of hydrogen-bond donors (Lipinski definition) is 2. The lowest BCUT2D eigenvalue weighted by Crippen LogP contribution is -2.39. The molecule has 2 N–H and O–H groups in total. The van der Waals surface area contributed by atoms with E-state index in [4.69, 9.17) is 9.15 Å². The van der Waals surface area contributed by atoms with Crippen molar-refractivity contribution >= 4 is 17.9 Å². The molecule has 0 aliphatic rings. The summed E-state index contributed by atoms with van der Waals surface area (Å²) in [6, 6.07) is 5.03. The lowest BCUT2D eigenvalue weighted by atomic mass is 10.2. The highest BCUT2D eigenvalue weighted by Gasteiger charge is 2.12. The highest BCUT2D eigenvalue weighted by molar-refractivity contribution is 5.95. The third-order valence-electron chi connectivity index (χ3n) is 3.07. The Hall–Kier alpha value is -3.23. The summed E-state index contributed by atoms with van der Waals surface area (Å²) in [4.78, 5) is 37.8. The van der Waals surface area contributed by atoms with E-state index in [1.54, 1.807) is 12.1 Å². The predicted molar refractivity (Wildman–Crippen MR) is 83.8 cm³/mol. The molecule has 0 bridgehead atoms. The van der Waals surface area contributed by atoms with Gasteiger partial charge in [0.15, 0.2) is 18.3 Å². The van der Waals surface area contributed by atoms with Crippen LogP contribution >= 0.6 is 0 Å². The van der Waals surface area contributed by atoms with Gasteiger partial charge >= 0.3 is 12.0 Å². The first-order valence-electron chi connectivity index (χ1n) is 7.35. The summed E-state index contributed by atoms with van der Waals surface area (Å²) < 4.78 is 23.1. The first-order chi connectivity index (χ1) is 12.0. The van der Waals surface area contributed by atoms with Crippen LogP contribution in [0.3, 0.4) is 0 Å². The fourth-order valence-corrected chi connectivity index (χ4v) is 1.83. The Kier molecular flexibility index (Phi) is 6.21. The second-order valence-corrected chi connectivity index (χ2v) is 4.91. The Morgan fingerprint density at radius 3 is 2.64 bits per heavy atom. The number of oxazole rings is 1. The number of aromatic nitrogens is 1. The van der Waals surface area contributed by atoms with Crippen LogP contribution in [0.4, 0.5) is 9.18 Å². The summed E-state index contributed by atoms with van der Waals surface area (Å²) in [5.74, 6) is -0.956. The van der Waals surface area contributed by atoms with Crippen molar-refractivity contribution in [2.24, 2.45) is 0 Å². The molecular weight excluding hydrogens is 333 g/mol. The first kappa shape index (κ1) is 18.1. The quantitative estimate of drug-likeness (QED) is 0.763. The highest BCUT2D eigenvalue weighted by atomic mass is 19.1. The zero-order valence-electron chi connectivity index (χ0n) is 13.4. The molecule has 0 fully saturated rings. The number of hydrogen-bond acceptors (Lipinski definition) is 6. The second-order valence-electron chi connectivity index (χ2n) is 4.91. The summed E-state index contributed by atoms with van der Waals surface area (Å²) in [7, 11) is 1.35. The number of imide groups is 1. The molecule has 0 saturated carbocycles. The standard InChI is InChI=1S/C16H16FN3O5/c1-18-16(23)20-13(21)9-24-15(22)7-6-14-19-8-12(25-14)10-2-4-11(17)5-3-10/h2-5,8H,6-7,9H2,1H3,(H2,18,20,21,23). The van der Waals surface area contributed by atoms with Crippen molar-refractivity contribution in [1.82, 2.24) is 15.6 Å². The number of aryl methyl sites for hydroxylation is 1. The third-order valence-corrected chi connectivity index (χ3v) is 3.07. The van der Waals surface area contributed by atoms with Gasteiger partial charge in [-0.05, 0) is 24.3 Å². The number of carbonyl (C=O) groups excluding carboxylic acids is 3. The van der Waals surface area contributed by atoms with Crippen LogP contribution in [-0.4, -0.2) is 36.5 Å². The van der Waals surface area contributed by atoms with Crippen LogP contribution in [0.2, 0.25) is 0 Å². The van der Waals surface area contributed by atoms with E-state index < -0.39 is 24.5 Å². The van der Waals surface area contributed by atoms with E-state index in [9.17, 15) is 18.8 Å². The van der Waals surface area contributed by atoms with E-state index in [1.165, 1.54) is 25.4 Å². The van der Waals surface area contributed by atoms with Crippen LogP contribution in [-0.2, 0) is 20.7 Å². The van der Waals surface area contributed by atoms with Crippen molar-refractivity contribution < 1.29 is 27.9 Å². The number of amides is 3. The van der Waals surface area contributed by atoms with Crippen LogP contribution in [0, 0.1) is 5.82 Å². The Balaban J connectivity index is 1.78. The fraction of sp³-hybridized carbons (Fsp3) is 0.250. The molecule has 0 spiro atoms. The van der Waals surface area contributed by atoms with Gasteiger partial charge in [0.05, 0.1) is 12.6 Å². The van der Waals surface area contributed by atoms with Gasteiger partial charge in [-0.15, -0.1) is 0 Å². The van der Waals surface area contributed by atoms with Crippen molar-refractivity contribution in [1.29, 1.82) is 0 Å². The Morgan fingerprint density at radius 1 is 1.24 bits per heavy atom. The van der Waals surface area contributed by atoms with Gasteiger partial charge in [-0.2, -0.15) is 0 Å². The molecule has 1 heterocycles. The van der Waals surface area contributed by atoms with Crippen molar-refractivity contribution in [3.8, 4) is 11.3 Å². The molecule has 2 aromatic rings. The van der Waals surface area contributed by atoms with Crippen LogP contribution in [0.15, 0.2) is 34.9 Å². The van der Waals surface area contributed by atoms with E-state index in [-0.39, 0.29) is 18.7 Å². The van der Waals surface area contributed by atoms with Gasteiger partial charge in [0.25, 0.3) is 5.91 Å². The zero-order valence-corrected chi connectivity index (χ0v) is 13.4. The van der Waals surface area contributed by atoms with Gasteiger partial charge in [0.1, 0.15) is 5.82 Å². The van der Waals surface area contributed by atoms with E-state index in [0.717, 1.165) is 0 Å².